The molecule has 2 aliphatic heterocycles. The lowest BCUT2D eigenvalue weighted by atomic mass is 9.67. The number of nitrogens with one attached hydrogen (secondary N) is 1. The molecule has 0 amide bonds. The van der Waals surface area contributed by atoms with Crippen LogP contribution in [-0.2, 0) is 24.8 Å². The smallest absolute Gasteiger partial charge is 0.282 e. The molecule has 1 saturated heterocycles. The molecule has 5 atom stereocenters. The number of anilines is 1. The second-order valence-electron chi connectivity index (χ2n) is 10.8. The van der Waals surface area contributed by atoms with E-state index in [4.69, 9.17) is 4.74 Å². The first kappa shape index (κ1) is 28.3. The average Bonchev–Trinajstić information content (AvgIpc) is 3.34. The third-order valence-corrected chi connectivity index (χ3v) is 10.7. The van der Waals surface area contributed by atoms with Gasteiger partial charge in [0.2, 0.25) is 0 Å². The molecule has 42 heavy (non-hydrogen) atoms. The van der Waals surface area contributed by atoms with Crippen molar-refractivity contribution in [2.45, 2.75) is 34.9 Å². The summed E-state index contributed by atoms with van der Waals surface area (Å²) in [6, 6.07) is 20.5. The minimum atomic E-state index is -4.04. The van der Waals surface area contributed by atoms with Crippen LogP contribution < -0.4 is 9.46 Å². The van der Waals surface area contributed by atoms with Crippen LogP contribution in [0, 0.1) is 11.8 Å². The fraction of sp³-hybridized carbons (Fsp3) is 0.267. The van der Waals surface area contributed by atoms with E-state index < -0.39 is 38.2 Å². The second kappa shape index (κ2) is 10.5. The fourth-order valence-corrected chi connectivity index (χ4v) is 8.33. The molecule has 10 nitrogen and oxygen atoms in total. The predicted octanol–water partition coefficient (Wildman–Crippen LogP) is 3.67. The maximum absolute atomic E-state index is 13.4. The Balaban J connectivity index is 1.39. The maximum Gasteiger partial charge on any atom is 0.282 e. The maximum atomic E-state index is 13.4. The molecule has 2 unspecified atom stereocenters. The Labute approximate surface area is 245 Å². The molecule has 0 saturated carbocycles. The SMILES string of the molecule is C[C@@H]1C2C(=O)C=C/C(=N\S(=O)(=O)c3ccccc3)C2N(N(C)C)[C@H]2Oc3ccc(NS(=O)(=O)c4ccccc4)cc3[C@@H]12. The third-order valence-electron chi connectivity index (χ3n) is 8.03. The number of carbonyl (C=O) groups excluding carboxylic acids is 1. The van der Waals surface area contributed by atoms with Crippen LogP contribution in [0.2, 0.25) is 0 Å². The van der Waals surface area contributed by atoms with Gasteiger partial charge in [-0.25, -0.2) is 13.4 Å². The molecule has 0 radical (unpaired) electrons. The number of fused-ring (bicyclic) bond motifs is 4. The number of carbonyl (C=O) groups is 1. The number of hydrogen-bond donors (Lipinski definition) is 1. The molecule has 1 fully saturated rings. The molecule has 2 heterocycles. The summed E-state index contributed by atoms with van der Waals surface area (Å²) in [7, 11) is -4.25. The summed E-state index contributed by atoms with van der Waals surface area (Å²) in [5.74, 6) is -0.792. The molecule has 1 aliphatic carbocycles. The minimum Gasteiger partial charge on any atom is -0.473 e. The zero-order chi connectivity index (χ0) is 29.8. The molecular formula is C30H30N4O6S2. The summed E-state index contributed by atoms with van der Waals surface area (Å²) < 4.78 is 65.8. The molecule has 1 N–H and O–H groups in total. The van der Waals surface area contributed by atoms with Crippen LogP contribution in [0.1, 0.15) is 18.4 Å². The van der Waals surface area contributed by atoms with Gasteiger partial charge in [0.05, 0.1) is 21.5 Å². The van der Waals surface area contributed by atoms with Crippen molar-refractivity contribution in [2.75, 3.05) is 18.8 Å². The molecule has 3 aliphatic rings. The third kappa shape index (κ3) is 4.83. The van der Waals surface area contributed by atoms with Gasteiger partial charge in [0, 0.05) is 37.2 Å². The van der Waals surface area contributed by atoms with E-state index in [1.54, 1.807) is 59.6 Å². The summed E-state index contributed by atoms with van der Waals surface area (Å²) in [6.07, 6.45) is 2.29. The van der Waals surface area contributed by atoms with E-state index in [1.165, 1.54) is 36.4 Å². The van der Waals surface area contributed by atoms with Crippen molar-refractivity contribution in [3.63, 3.8) is 0 Å². The standard InChI is InChI=1S/C30H30N4O6S2/c1-19-27-23-18-20(31-41(36,37)21-10-6-4-7-11-21)14-17-26(23)40-30(27)34(33(2)3)29-24(15-16-25(35)28(19)29)32-42(38,39)22-12-8-5-9-13-22/h4-19,27-31H,1-3H3/b32-24+/t19-,27+,28?,29?,30-/m0/s1. The highest BCUT2D eigenvalue weighted by Crippen LogP contribution is 2.52. The van der Waals surface area contributed by atoms with Crippen LogP contribution in [0.4, 0.5) is 5.69 Å². The lowest BCUT2D eigenvalue weighted by Crippen LogP contribution is -2.66. The summed E-state index contributed by atoms with van der Waals surface area (Å²) in [5.41, 5.74) is 1.39. The van der Waals surface area contributed by atoms with E-state index in [2.05, 4.69) is 9.12 Å². The quantitative estimate of drug-likeness (QED) is 0.451. The fourth-order valence-electron chi connectivity index (χ4n) is 6.20. The average molecular weight is 607 g/mol. The number of rotatable bonds is 6. The Morgan fingerprint density at radius 1 is 0.857 bits per heavy atom. The monoisotopic (exact) mass is 606 g/mol. The normalized spacial score (nSPS) is 26.4. The van der Waals surface area contributed by atoms with Gasteiger partial charge in [0.15, 0.2) is 12.0 Å². The highest BCUT2D eigenvalue weighted by atomic mass is 32.2. The number of hydrazine groups is 1. The Morgan fingerprint density at radius 2 is 1.50 bits per heavy atom. The highest BCUT2D eigenvalue weighted by Gasteiger charge is 2.57. The van der Waals surface area contributed by atoms with Gasteiger partial charge in [-0.15, -0.1) is 0 Å². The first-order chi connectivity index (χ1) is 20.0. The molecule has 0 aromatic heterocycles. The lowest BCUT2D eigenvalue weighted by molar-refractivity contribution is -0.169. The summed E-state index contributed by atoms with van der Waals surface area (Å²) in [4.78, 5) is 13.6. The van der Waals surface area contributed by atoms with Gasteiger partial charge in [0.1, 0.15) is 5.75 Å². The molecule has 3 aromatic carbocycles. The van der Waals surface area contributed by atoms with E-state index in [9.17, 15) is 21.6 Å². The summed E-state index contributed by atoms with van der Waals surface area (Å²) >= 11 is 0. The van der Waals surface area contributed by atoms with E-state index in [-0.39, 0.29) is 33.1 Å². The Morgan fingerprint density at radius 3 is 2.14 bits per heavy atom. The van der Waals surface area contributed by atoms with Crippen LogP contribution in [0.3, 0.4) is 0 Å². The predicted molar refractivity (Wildman–Crippen MR) is 158 cm³/mol. The van der Waals surface area contributed by atoms with Crippen molar-refractivity contribution < 1.29 is 26.4 Å². The van der Waals surface area contributed by atoms with E-state index in [0.717, 1.165) is 5.56 Å². The highest BCUT2D eigenvalue weighted by molar-refractivity contribution is 7.92. The van der Waals surface area contributed by atoms with Crippen LogP contribution in [0.15, 0.2) is 105 Å². The van der Waals surface area contributed by atoms with Crippen molar-refractivity contribution in [1.82, 2.24) is 10.0 Å². The molecule has 3 aromatic rings. The van der Waals surface area contributed by atoms with Crippen LogP contribution in [0.25, 0.3) is 0 Å². The van der Waals surface area contributed by atoms with Crippen LogP contribution >= 0.6 is 0 Å². The minimum absolute atomic E-state index is 0.0625. The number of ketones is 1. The van der Waals surface area contributed by atoms with Gasteiger partial charge >= 0.3 is 0 Å². The van der Waals surface area contributed by atoms with Crippen molar-refractivity contribution in [1.29, 1.82) is 0 Å². The van der Waals surface area contributed by atoms with Crippen molar-refractivity contribution in [2.24, 2.45) is 16.2 Å². The topological polar surface area (TPSA) is 125 Å². The van der Waals surface area contributed by atoms with Crippen molar-refractivity contribution in [3.05, 3.63) is 96.6 Å². The number of allylic oxidation sites excluding steroid dienone is 1. The zero-order valence-corrected chi connectivity index (χ0v) is 24.8. The van der Waals surface area contributed by atoms with Gasteiger partial charge in [-0.2, -0.15) is 17.8 Å². The lowest BCUT2D eigenvalue weighted by Gasteiger charge is -2.52. The van der Waals surface area contributed by atoms with Gasteiger partial charge in [0.25, 0.3) is 20.0 Å². The van der Waals surface area contributed by atoms with Gasteiger partial charge in [-0.05, 0) is 60.5 Å². The van der Waals surface area contributed by atoms with Crippen LogP contribution in [0.5, 0.6) is 5.75 Å². The molecule has 12 heteroatoms. The molecule has 6 rings (SSSR count). The number of sulfonamides is 2. The molecule has 218 valence electrons. The Kier molecular flexibility index (Phi) is 7.04. The number of benzene rings is 3. The van der Waals surface area contributed by atoms with Crippen molar-refractivity contribution in [3.8, 4) is 5.75 Å². The summed E-state index contributed by atoms with van der Waals surface area (Å²) in [5, 5.41) is 3.66. The number of nitrogens with zero attached hydrogens (tertiary/aromatic N) is 3. The number of piperidine rings is 1. The largest absolute Gasteiger partial charge is 0.473 e. The van der Waals surface area contributed by atoms with Gasteiger partial charge in [-0.3, -0.25) is 9.52 Å². The number of ether oxygens (including phenoxy) is 1. The van der Waals surface area contributed by atoms with E-state index in [0.29, 0.717) is 11.4 Å². The molecular weight excluding hydrogens is 576 g/mol. The van der Waals surface area contributed by atoms with E-state index >= 15 is 0 Å². The second-order valence-corrected chi connectivity index (χ2v) is 14.1. The first-order valence-electron chi connectivity index (χ1n) is 13.4. The van der Waals surface area contributed by atoms with E-state index in [1.807, 2.05) is 26.0 Å². The van der Waals surface area contributed by atoms with Gasteiger partial charge in [-0.1, -0.05) is 43.3 Å². The first-order valence-corrected chi connectivity index (χ1v) is 16.4. The van der Waals surface area contributed by atoms with Gasteiger partial charge < -0.3 is 4.74 Å². The molecule has 0 bridgehead atoms. The number of hydrogen-bond acceptors (Lipinski definition) is 8. The Bertz CT molecular complexity index is 1810. The Hall–Kier alpha value is -3.84. The van der Waals surface area contributed by atoms with Crippen LogP contribution in [-0.4, -0.2) is 64.7 Å². The zero-order valence-electron chi connectivity index (χ0n) is 23.2. The summed E-state index contributed by atoms with van der Waals surface area (Å²) in [6.45, 7) is 1.95. The molecule has 0 spiro atoms. The van der Waals surface area contributed by atoms with Crippen molar-refractivity contribution >= 4 is 37.2 Å².